The molecule has 1 rings (SSSR count). The molecule has 0 fully saturated rings. The summed E-state index contributed by atoms with van der Waals surface area (Å²) in [6.07, 6.45) is 3.96. The topological polar surface area (TPSA) is 50.3 Å². The minimum atomic E-state index is 0.450. The van der Waals surface area contributed by atoms with Crippen LogP contribution in [0.1, 0.15) is 33.6 Å². The summed E-state index contributed by atoms with van der Waals surface area (Å²) in [5, 5.41) is 3.16. The molecular formula is C14H25BrN4O. The Morgan fingerprint density at radius 1 is 1.35 bits per heavy atom. The Bertz CT molecular complexity index is 399. The second-order valence-corrected chi connectivity index (χ2v) is 5.41. The molecule has 114 valence electrons. The van der Waals surface area contributed by atoms with Crippen molar-refractivity contribution in [2.75, 3.05) is 37.0 Å². The van der Waals surface area contributed by atoms with Gasteiger partial charge in [-0.1, -0.05) is 13.8 Å². The van der Waals surface area contributed by atoms with Crippen LogP contribution in [0.4, 0.5) is 11.8 Å². The Balaban J connectivity index is 3.07. The highest BCUT2D eigenvalue weighted by atomic mass is 79.9. The average molecular weight is 345 g/mol. The van der Waals surface area contributed by atoms with E-state index in [4.69, 9.17) is 4.74 Å². The second-order valence-electron chi connectivity index (χ2n) is 4.55. The van der Waals surface area contributed by atoms with Gasteiger partial charge in [-0.3, -0.25) is 0 Å². The molecule has 1 N–H and O–H groups in total. The molecular weight excluding hydrogens is 320 g/mol. The van der Waals surface area contributed by atoms with Crippen LogP contribution in [-0.2, 0) is 4.74 Å². The lowest BCUT2D eigenvalue weighted by atomic mass is 10.1. The van der Waals surface area contributed by atoms with Gasteiger partial charge in [-0.2, -0.15) is 4.98 Å². The van der Waals surface area contributed by atoms with Gasteiger partial charge in [0, 0.05) is 32.4 Å². The molecule has 0 radical (unpaired) electrons. The standard InChI is InChI=1S/C14H25BrN4O/c1-5-11(6-2)19(8-9-20-4)13-12(15)10-17-14(18-13)16-7-3/h10-11H,5-9H2,1-4H3,(H,16,17,18). The van der Waals surface area contributed by atoms with Crippen LogP contribution in [0.2, 0.25) is 0 Å². The first-order chi connectivity index (χ1) is 9.67. The Hall–Kier alpha value is -0.880. The van der Waals surface area contributed by atoms with Crippen LogP contribution in [0, 0.1) is 0 Å². The summed E-state index contributed by atoms with van der Waals surface area (Å²) in [7, 11) is 1.73. The summed E-state index contributed by atoms with van der Waals surface area (Å²) in [6.45, 7) is 8.76. The fraction of sp³-hybridized carbons (Fsp3) is 0.714. The molecule has 5 nitrogen and oxygen atoms in total. The maximum atomic E-state index is 5.23. The van der Waals surface area contributed by atoms with Crippen LogP contribution in [0.5, 0.6) is 0 Å². The van der Waals surface area contributed by atoms with E-state index in [-0.39, 0.29) is 0 Å². The number of halogens is 1. The van der Waals surface area contributed by atoms with Crippen molar-refractivity contribution in [1.29, 1.82) is 0 Å². The third kappa shape index (κ3) is 4.59. The monoisotopic (exact) mass is 344 g/mol. The van der Waals surface area contributed by atoms with Gasteiger partial charge in [0.25, 0.3) is 0 Å². The lowest BCUT2D eigenvalue weighted by molar-refractivity contribution is 0.202. The Kier molecular flexibility index (Phi) is 7.84. The predicted octanol–water partition coefficient (Wildman–Crippen LogP) is 3.31. The molecule has 0 saturated carbocycles. The Morgan fingerprint density at radius 3 is 2.60 bits per heavy atom. The minimum Gasteiger partial charge on any atom is -0.383 e. The van der Waals surface area contributed by atoms with Gasteiger partial charge in [0.05, 0.1) is 11.1 Å². The fourth-order valence-corrected chi connectivity index (χ4v) is 2.60. The first kappa shape index (κ1) is 17.2. The molecule has 6 heteroatoms. The van der Waals surface area contributed by atoms with Gasteiger partial charge in [-0.15, -0.1) is 0 Å². The van der Waals surface area contributed by atoms with Crippen molar-refractivity contribution >= 4 is 27.7 Å². The second kappa shape index (κ2) is 9.13. The highest BCUT2D eigenvalue weighted by Crippen LogP contribution is 2.27. The maximum Gasteiger partial charge on any atom is 0.224 e. The van der Waals surface area contributed by atoms with Crippen LogP contribution >= 0.6 is 15.9 Å². The van der Waals surface area contributed by atoms with Crippen LogP contribution in [-0.4, -0.2) is 42.8 Å². The molecule has 0 aliphatic carbocycles. The normalized spacial score (nSPS) is 10.9. The van der Waals surface area contributed by atoms with E-state index in [1.165, 1.54) is 0 Å². The number of nitrogens with zero attached hydrogens (tertiary/aromatic N) is 3. The smallest absolute Gasteiger partial charge is 0.224 e. The van der Waals surface area contributed by atoms with Crippen LogP contribution in [0.25, 0.3) is 0 Å². The molecule has 0 atom stereocenters. The van der Waals surface area contributed by atoms with E-state index < -0.39 is 0 Å². The van der Waals surface area contributed by atoms with E-state index in [2.05, 4.69) is 50.0 Å². The van der Waals surface area contributed by atoms with Crippen molar-refractivity contribution in [3.8, 4) is 0 Å². The van der Waals surface area contributed by atoms with E-state index in [1.807, 2.05) is 13.1 Å². The summed E-state index contributed by atoms with van der Waals surface area (Å²) >= 11 is 3.57. The van der Waals surface area contributed by atoms with Gasteiger partial charge in [0.2, 0.25) is 5.95 Å². The third-order valence-corrected chi connectivity index (χ3v) is 3.81. The molecule has 1 aromatic heterocycles. The number of methoxy groups -OCH3 is 1. The fourth-order valence-electron chi connectivity index (χ4n) is 2.18. The molecule has 0 saturated heterocycles. The third-order valence-electron chi connectivity index (χ3n) is 3.25. The van der Waals surface area contributed by atoms with Crippen molar-refractivity contribution in [3.05, 3.63) is 10.7 Å². The van der Waals surface area contributed by atoms with Crippen LogP contribution in [0.3, 0.4) is 0 Å². The van der Waals surface area contributed by atoms with Crippen molar-refractivity contribution in [2.24, 2.45) is 0 Å². The first-order valence-electron chi connectivity index (χ1n) is 7.19. The predicted molar refractivity (Wildman–Crippen MR) is 87.5 cm³/mol. The highest BCUT2D eigenvalue weighted by Gasteiger charge is 2.20. The summed E-state index contributed by atoms with van der Waals surface area (Å²) in [6, 6.07) is 0.450. The number of ether oxygens (including phenoxy) is 1. The summed E-state index contributed by atoms with van der Waals surface area (Å²) < 4.78 is 6.15. The van der Waals surface area contributed by atoms with Gasteiger partial charge in [-0.05, 0) is 35.7 Å². The Labute approximate surface area is 130 Å². The van der Waals surface area contributed by atoms with E-state index in [9.17, 15) is 0 Å². The number of rotatable bonds is 9. The van der Waals surface area contributed by atoms with E-state index in [0.717, 1.165) is 36.2 Å². The molecule has 0 aromatic carbocycles. The van der Waals surface area contributed by atoms with Crippen molar-refractivity contribution in [2.45, 2.75) is 39.7 Å². The maximum absolute atomic E-state index is 5.23. The summed E-state index contributed by atoms with van der Waals surface area (Å²) in [4.78, 5) is 11.2. The van der Waals surface area contributed by atoms with Gasteiger partial charge < -0.3 is 15.0 Å². The van der Waals surface area contributed by atoms with Gasteiger partial charge >= 0.3 is 0 Å². The minimum absolute atomic E-state index is 0.450. The molecule has 0 unspecified atom stereocenters. The zero-order valence-corrected chi connectivity index (χ0v) is 14.4. The number of hydrogen-bond donors (Lipinski definition) is 1. The van der Waals surface area contributed by atoms with E-state index in [0.29, 0.717) is 18.6 Å². The molecule has 0 bridgehead atoms. The molecule has 0 aliphatic rings. The van der Waals surface area contributed by atoms with Crippen molar-refractivity contribution in [3.63, 3.8) is 0 Å². The average Bonchev–Trinajstić information content (AvgIpc) is 2.46. The largest absolute Gasteiger partial charge is 0.383 e. The van der Waals surface area contributed by atoms with Crippen LogP contribution < -0.4 is 10.2 Å². The highest BCUT2D eigenvalue weighted by molar-refractivity contribution is 9.10. The van der Waals surface area contributed by atoms with Crippen molar-refractivity contribution in [1.82, 2.24) is 9.97 Å². The van der Waals surface area contributed by atoms with Gasteiger partial charge in [0.1, 0.15) is 5.82 Å². The molecule has 0 spiro atoms. The molecule has 0 aliphatic heterocycles. The number of nitrogens with one attached hydrogen (secondary N) is 1. The number of anilines is 2. The summed E-state index contributed by atoms with van der Waals surface area (Å²) in [5.41, 5.74) is 0. The van der Waals surface area contributed by atoms with Crippen LogP contribution in [0.15, 0.2) is 10.7 Å². The lowest BCUT2D eigenvalue weighted by Gasteiger charge is -2.32. The number of hydrogen-bond acceptors (Lipinski definition) is 5. The van der Waals surface area contributed by atoms with E-state index in [1.54, 1.807) is 7.11 Å². The van der Waals surface area contributed by atoms with Crippen molar-refractivity contribution < 1.29 is 4.74 Å². The van der Waals surface area contributed by atoms with E-state index >= 15 is 0 Å². The summed E-state index contributed by atoms with van der Waals surface area (Å²) in [5.74, 6) is 1.60. The van der Waals surface area contributed by atoms with Gasteiger partial charge in [-0.25, -0.2) is 4.98 Å². The van der Waals surface area contributed by atoms with Gasteiger partial charge in [0.15, 0.2) is 0 Å². The zero-order valence-electron chi connectivity index (χ0n) is 12.8. The molecule has 1 aromatic rings. The number of aromatic nitrogens is 2. The molecule has 0 amide bonds. The molecule has 1 heterocycles. The Morgan fingerprint density at radius 2 is 2.05 bits per heavy atom. The first-order valence-corrected chi connectivity index (χ1v) is 7.99. The lowest BCUT2D eigenvalue weighted by Crippen LogP contribution is -2.38. The SMILES string of the molecule is CCNc1ncc(Br)c(N(CCOC)C(CC)CC)n1. The zero-order chi connectivity index (χ0) is 15.0. The molecule has 20 heavy (non-hydrogen) atoms. The quantitative estimate of drug-likeness (QED) is 0.744.